The van der Waals surface area contributed by atoms with E-state index >= 15 is 0 Å². The fourth-order valence-corrected chi connectivity index (χ4v) is 2.20. The van der Waals surface area contributed by atoms with Gasteiger partial charge in [-0.1, -0.05) is 18.3 Å². The van der Waals surface area contributed by atoms with E-state index in [2.05, 4.69) is 0 Å². The second-order valence-electron chi connectivity index (χ2n) is 3.02. The van der Waals surface area contributed by atoms with E-state index in [1.54, 1.807) is 6.92 Å². The third kappa shape index (κ3) is 1.55. The van der Waals surface area contributed by atoms with Gasteiger partial charge >= 0.3 is 4.94 Å². The molecule has 1 aromatic carbocycles. The van der Waals surface area contributed by atoms with Crippen LogP contribution in [-0.2, 0) is 0 Å². The zero-order valence-electron chi connectivity index (χ0n) is 7.94. The monoisotopic (exact) mass is 224 g/mol. The molecule has 0 atom stereocenters. The Bertz CT molecular complexity index is 579. The van der Waals surface area contributed by atoms with Gasteiger partial charge in [-0.2, -0.15) is 0 Å². The largest absolute Gasteiger partial charge is 0.507 e. The van der Waals surface area contributed by atoms with Crippen molar-refractivity contribution in [2.45, 2.75) is 13.3 Å². The Kier molecular flexibility index (Phi) is 2.32. The van der Waals surface area contributed by atoms with Crippen molar-refractivity contribution in [3.63, 3.8) is 0 Å². The second kappa shape index (κ2) is 3.51. The van der Waals surface area contributed by atoms with Gasteiger partial charge in [0, 0.05) is 6.42 Å². The maximum Gasteiger partial charge on any atom is 0.396 e. The van der Waals surface area contributed by atoms with Gasteiger partial charge in [-0.3, -0.25) is 4.79 Å². The average molecular weight is 224 g/mol. The van der Waals surface area contributed by atoms with Crippen LogP contribution < -0.4 is 4.94 Å². The molecule has 0 amide bonds. The van der Waals surface area contributed by atoms with Crippen LogP contribution in [0.15, 0.2) is 21.3 Å². The van der Waals surface area contributed by atoms with E-state index in [4.69, 9.17) is 4.42 Å². The van der Waals surface area contributed by atoms with Crippen LogP contribution >= 0.6 is 11.3 Å². The first kappa shape index (κ1) is 9.92. The molecule has 1 heterocycles. The maximum atomic E-state index is 11.6. The molecular formula is C10H8O4S. The number of rotatable bonds is 2. The van der Waals surface area contributed by atoms with Crippen molar-refractivity contribution in [1.82, 2.24) is 0 Å². The summed E-state index contributed by atoms with van der Waals surface area (Å²) in [4.78, 5) is 22.1. The van der Waals surface area contributed by atoms with Crippen molar-refractivity contribution in [3.8, 4) is 5.75 Å². The SMILES string of the molecule is CCC(=O)c1c(O)ccc2oc(=O)sc12. The van der Waals surface area contributed by atoms with Crippen molar-refractivity contribution >= 4 is 27.4 Å². The minimum atomic E-state index is -0.472. The Balaban J connectivity index is 2.84. The summed E-state index contributed by atoms with van der Waals surface area (Å²) >= 11 is 0.834. The van der Waals surface area contributed by atoms with Crippen LogP contribution in [0.4, 0.5) is 0 Å². The first-order valence-electron chi connectivity index (χ1n) is 4.42. The van der Waals surface area contributed by atoms with Crippen LogP contribution in [0.1, 0.15) is 23.7 Å². The number of hydrogen-bond donors (Lipinski definition) is 1. The van der Waals surface area contributed by atoms with Crippen LogP contribution in [0.25, 0.3) is 10.3 Å². The molecule has 0 aliphatic rings. The lowest BCUT2D eigenvalue weighted by Crippen LogP contribution is -1.96. The number of carbonyl (C=O) groups excluding carboxylic acids is 1. The Morgan fingerprint density at radius 1 is 1.53 bits per heavy atom. The molecule has 5 heteroatoms. The zero-order chi connectivity index (χ0) is 11.0. The third-order valence-corrected chi connectivity index (χ3v) is 2.94. The standard InChI is InChI=1S/C10H8O4S/c1-2-5(11)8-6(12)3-4-7-9(8)15-10(13)14-7/h3-4,12H,2H2,1H3. The van der Waals surface area contributed by atoms with Crippen LogP contribution in [0.3, 0.4) is 0 Å². The lowest BCUT2D eigenvalue weighted by Gasteiger charge is -2.01. The first-order valence-corrected chi connectivity index (χ1v) is 5.24. The lowest BCUT2D eigenvalue weighted by atomic mass is 10.1. The van der Waals surface area contributed by atoms with Crippen molar-refractivity contribution in [2.24, 2.45) is 0 Å². The van der Waals surface area contributed by atoms with Crippen LogP contribution in [0, 0.1) is 0 Å². The van der Waals surface area contributed by atoms with Gasteiger partial charge in [-0.15, -0.1) is 0 Å². The number of phenolic OH excluding ortho intramolecular Hbond substituents is 1. The Labute approximate surface area is 88.8 Å². The van der Waals surface area contributed by atoms with Gasteiger partial charge in [0.15, 0.2) is 11.4 Å². The van der Waals surface area contributed by atoms with Crippen LogP contribution in [0.2, 0.25) is 0 Å². The molecule has 0 aliphatic carbocycles. The van der Waals surface area contributed by atoms with E-state index in [-0.39, 0.29) is 23.5 Å². The topological polar surface area (TPSA) is 67.5 Å². The number of hydrogen-bond acceptors (Lipinski definition) is 5. The van der Waals surface area contributed by atoms with E-state index in [1.165, 1.54) is 12.1 Å². The molecular weight excluding hydrogens is 216 g/mol. The van der Waals surface area contributed by atoms with Crippen molar-refractivity contribution < 1.29 is 14.3 Å². The molecule has 0 spiro atoms. The first-order chi connectivity index (χ1) is 7.13. The normalized spacial score (nSPS) is 10.7. The molecule has 0 unspecified atom stereocenters. The lowest BCUT2D eigenvalue weighted by molar-refractivity contribution is 0.0987. The van der Waals surface area contributed by atoms with E-state index < -0.39 is 4.94 Å². The molecule has 15 heavy (non-hydrogen) atoms. The summed E-state index contributed by atoms with van der Waals surface area (Å²) in [5.41, 5.74) is 0.533. The summed E-state index contributed by atoms with van der Waals surface area (Å²) in [5, 5.41) is 9.56. The highest BCUT2D eigenvalue weighted by molar-refractivity contribution is 7.16. The smallest absolute Gasteiger partial charge is 0.396 e. The van der Waals surface area contributed by atoms with Gasteiger partial charge in [0.05, 0.1) is 10.3 Å². The minimum Gasteiger partial charge on any atom is -0.507 e. The van der Waals surface area contributed by atoms with E-state index in [0.29, 0.717) is 10.3 Å². The summed E-state index contributed by atoms with van der Waals surface area (Å²) in [5.74, 6) is -0.304. The summed E-state index contributed by atoms with van der Waals surface area (Å²) < 4.78 is 5.28. The molecule has 2 rings (SSSR count). The quantitative estimate of drug-likeness (QED) is 0.793. The molecule has 0 bridgehead atoms. The van der Waals surface area contributed by atoms with Gasteiger partial charge in [-0.25, -0.2) is 4.79 Å². The second-order valence-corrected chi connectivity index (χ2v) is 3.96. The van der Waals surface area contributed by atoms with Crippen molar-refractivity contribution in [3.05, 3.63) is 27.4 Å². The summed E-state index contributed by atoms with van der Waals surface area (Å²) in [6.45, 7) is 1.70. The van der Waals surface area contributed by atoms with Gasteiger partial charge < -0.3 is 9.52 Å². The summed E-state index contributed by atoms with van der Waals surface area (Å²) in [7, 11) is 0. The molecule has 2 aromatic rings. The molecule has 0 saturated heterocycles. The zero-order valence-corrected chi connectivity index (χ0v) is 8.76. The highest BCUT2D eigenvalue weighted by Crippen LogP contribution is 2.30. The predicted octanol–water partition coefficient (Wildman–Crippen LogP) is 2.15. The van der Waals surface area contributed by atoms with Gasteiger partial charge in [0.1, 0.15) is 5.75 Å². The van der Waals surface area contributed by atoms with E-state index in [9.17, 15) is 14.7 Å². The molecule has 1 N–H and O–H groups in total. The maximum absolute atomic E-state index is 11.6. The summed E-state index contributed by atoms with van der Waals surface area (Å²) in [6.07, 6.45) is 0.277. The van der Waals surface area contributed by atoms with Crippen LogP contribution in [-0.4, -0.2) is 10.9 Å². The average Bonchev–Trinajstić information content (AvgIpc) is 2.57. The molecule has 78 valence electrons. The Morgan fingerprint density at radius 2 is 2.27 bits per heavy atom. The fourth-order valence-electron chi connectivity index (χ4n) is 1.38. The number of aromatic hydroxyl groups is 1. The van der Waals surface area contributed by atoms with Crippen molar-refractivity contribution in [2.75, 3.05) is 0 Å². The highest BCUT2D eigenvalue weighted by Gasteiger charge is 2.17. The molecule has 0 radical (unpaired) electrons. The molecule has 0 saturated carbocycles. The molecule has 4 nitrogen and oxygen atoms in total. The minimum absolute atomic E-state index is 0.105. The Morgan fingerprint density at radius 3 is 2.93 bits per heavy atom. The number of benzene rings is 1. The van der Waals surface area contributed by atoms with E-state index in [1.807, 2.05) is 0 Å². The third-order valence-electron chi connectivity index (χ3n) is 2.08. The Hall–Kier alpha value is -1.62. The number of fused-ring (bicyclic) bond motifs is 1. The van der Waals surface area contributed by atoms with Crippen molar-refractivity contribution in [1.29, 1.82) is 0 Å². The number of Topliss-reactive ketones (excluding diaryl/α,β-unsaturated/α-hetero) is 1. The number of phenols is 1. The fraction of sp³-hybridized carbons (Fsp3) is 0.200. The van der Waals surface area contributed by atoms with Gasteiger partial charge in [-0.05, 0) is 12.1 Å². The number of ketones is 1. The summed E-state index contributed by atoms with van der Waals surface area (Å²) in [6, 6.07) is 2.84. The molecule has 1 aromatic heterocycles. The number of carbonyl (C=O) groups is 1. The molecule has 0 fully saturated rings. The highest BCUT2D eigenvalue weighted by atomic mass is 32.1. The van der Waals surface area contributed by atoms with Gasteiger partial charge in [0.2, 0.25) is 0 Å². The van der Waals surface area contributed by atoms with Crippen LogP contribution in [0.5, 0.6) is 5.75 Å². The van der Waals surface area contributed by atoms with Gasteiger partial charge in [0.25, 0.3) is 0 Å². The predicted molar refractivity (Wildman–Crippen MR) is 56.6 cm³/mol. The van der Waals surface area contributed by atoms with E-state index in [0.717, 1.165) is 11.3 Å². The molecule has 0 aliphatic heterocycles.